The van der Waals surface area contributed by atoms with Crippen LogP contribution in [0.25, 0.3) is 0 Å². The fourth-order valence-electron chi connectivity index (χ4n) is 2.47. The average Bonchev–Trinajstić information content (AvgIpc) is 2.88. The molecule has 0 aromatic rings. The van der Waals surface area contributed by atoms with E-state index in [1.165, 1.54) is 0 Å². The van der Waals surface area contributed by atoms with E-state index in [-0.39, 0.29) is 11.9 Å². The van der Waals surface area contributed by atoms with E-state index in [2.05, 4.69) is 5.32 Å². The highest BCUT2D eigenvalue weighted by Gasteiger charge is 2.39. The predicted octanol–water partition coefficient (Wildman–Crippen LogP) is -1.26. The molecule has 0 bridgehead atoms. The lowest BCUT2D eigenvalue weighted by Crippen LogP contribution is -2.51. The minimum Gasteiger partial charge on any atom is -0.426 e. The minimum absolute atomic E-state index is 0.0306. The van der Waals surface area contributed by atoms with Crippen LogP contribution in [0.5, 0.6) is 0 Å². The molecule has 0 saturated carbocycles. The number of rotatable bonds is 2. The van der Waals surface area contributed by atoms with Gasteiger partial charge < -0.3 is 20.3 Å². The quantitative estimate of drug-likeness (QED) is 0.499. The van der Waals surface area contributed by atoms with Gasteiger partial charge in [0.15, 0.2) is 0 Å². The van der Waals surface area contributed by atoms with Crippen molar-refractivity contribution in [2.75, 3.05) is 13.1 Å². The van der Waals surface area contributed by atoms with E-state index in [4.69, 9.17) is 10.0 Å². The summed E-state index contributed by atoms with van der Waals surface area (Å²) in [6.45, 7) is 1.54. The molecule has 1 unspecified atom stereocenters. The van der Waals surface area contributed by atoms with Gasteiger partial charge in [-0.25, -0.2) is 0 Å². The molecule has 2 atom stereocenters. The summed E-state index contributed by atoms with van der Waals surface area (Å²) in [7, 11) is -1.40. The second kappa shape index (κ2) is 4.51. The standard InChI is InChI=1S/C9H17BN2O3/c13-9(7-3-1-5-11-7)12-6-2-4-8(12)10(14)15/h7-8,11,14-15H,1-6H2/t7-,8?/m0/s1. The van der Waals surface area contributed by atoms with Gasteiger partial charge >= 0.3 is 7.12 Å². The molecule has 0 aliphatic carbocycles. The molecule has 5 nitrogen and oxygen atoms in total. The highest BCUT2D eigenvalue weighted by atomic mass is 16.4. The molecule has 0 aromatic carbocycles. The van der Waals surface area contributed by atoms with Crippen molar-refractivity contribution < 1.29 is 14.8 Å². The van der Waals surface area contributed by atoms with Crippen molar-refractivity contribution in [2.45, 2.75) is 37.7 Å². The second-order valence-electron chi connectivity index (χ2n) is 4.30. The Bertz CT molecular complexity index is 244. The summed E-state index contributed by atoms with van der Waals surface area (Å²) >= 11 is 0. The van der Waals surface area contributed by atoms with Gasteiger partial charge in [-0.2, -0.15) is 0 Å². The van der Waals surface area contributed by atoms with E-state index in [0.29, 0.717) is 13.0 Å². The molecule has 0 aromatic heterocycles. The van der Waals surface area contributed by atoms with Gasteiger partial charge in [0.05, 0.1) is 12.0 Å². The normalized spacial score (nSPS) is 30.9. The Kier molecular flexibility index (Phi) is 3.28. The van der Waals surface area contributed by atoms with E-state index < -0.39 is 13.1 Å². The van der Waals surface area contributed by atoms with Gasteiger partial charge in [0.1, 0.15) is 0 Å². The maximum atomic E-state index is 12.0. The van der Waals surface area contributed by atoms with Crippen LogP contribution in [0.15, 0.2) is 0 Å². The summed E-state index contributed by atoms with van der Waals surface area (Å²) in [5.41, 5.74) is 0. The highest BCUT2D eigenvalue weighted by molar-refractivity contribution is 6.43. The molecule has 0 radical (unpaired) electrons. The molecule has 3 N–H and O–H groups in total. The fourth-order valence-corrected chi connectivity index (χ4v) is 2.47. The number of likely N-dealkylation sites (tertiary alicyclic amines) is 1. The van der Waals surface area contributed by atoms with Crippen LogP contribution in [-0.4, -0.2) is 53.0 Å². The number of amides is 1. The summed E-state index contributed by atoms with van der Waals surface area (Å²) in [6, 6.07) is -0.107. The zero-order valence-corrected chi connectivity index (χ0v) is 8.72. The molecule has 1 amide bonds. The molecular formula is C9H17BN2O3. The van der Waals surface area contributed by atoms with Gasteiger partial charge in [-0.1, -0.05) is 0 Å². The Hall–Kier alpha value is -0.585. The van der Waals surface area contributed by atoms with Crippen LogP contribution in [0.3, 0.4) is 0 Å². The van der Waals surface area contributed by atoms with Crippen molar-refractivity contribution >= 4 is 13.0 Å². The summed E-state index contributed by atoms with van der Waals surface area (Å²) < 4.78 is 0. The third kappa shape index (κ3) is 2.16. The zero-order chi connectivity index (χ0) is 10.8. The van der Waals surface area contributed by atoms with Crippen LogP contribution >= 0.6 is 0 Å². The number of hydrogen-bond acceptors (Lipinski definition) is 4. The van der Waals surface area contributed by atoms with Crippen molar-refractivity contribution in [3.05, 3.63) is 0 Å². The lowest BCUT2D eigenvalue weighted by atomic mass is 9.77. The van der Waals surface area contributed by atoms with Gasteiger partial charge in [-0.05, 0) is 32.2 Å². The van der Waals surface area contributed by atoms with Crippen molar-refractivity contribution in [3.8, 4) is 0 Å². The molecule has 2 saturated heterocycles. The molecule has 2 aliphatic rings. The first-order valence-corrected chi connectivity index (χ1v) is 5.60. The van der Waals surface area contributed by atoms with Gasteiger partial charge in [0, 0.05) is 6.54 Å². The molecule has 2 aliphatic heterocycles. The van der Waals surface area contributed by atoms with Crippen LogP contribution in [0.2, 0.25) is 0 Å². The molecule has 2 rings (SSSR count). The zero-order valence-electron chi connectivity index (χ0n) is 8.72. The van der Waals surface area contributed by atoms with E-state index in [1.54, 1.807) is 4.90 Å². The topological polar surface area (TPSA) is 72.8 Å². The molecule has 6 heteroatoms. The third-order valence-electron chi connectivity index (χ3n) is 3.28. The van der Waals surface area contributed by atoms with Crippen LogP contribution in [0, 0.1) is 0 Å². The van der Waals surface area contributed by atoms with Crippen LogP contribution < -0.4 is 5.32 Å². The lowest BCUT2D eigenvalue weighted by Gasteiger charge is -2.26. The molecule has 84 valence electrons. The maximum Gasteiger partial charge on any atom is 0.475 e. The van der Waals surface area contributed by atoms with E-state index in [1.807, 2.05) is 0 Å². The molecule has 0 spiro atoms. The average molecular weight is 212 g/mol. The lowest BCUT2D eigenvalue weighted by molar-refractivity contribution is -0.133. The summed E-state index contributed by atoms with van der Waals surface area (Å²) in [4.78, 5) is 13.6. The highest BCUT2D eigenvalue weighted by Crippen LogP contribution is 2.20. The monoisotopic (exact) mass is 212 g/mol. The Morgan fingerprint density at radius 3 is 2.73 bits per heavy atom. The first kappa shape index (κ1) is 10.9. The molecular weight excluding hydrogens is 195 g/mol. The Labute approximate surface area is 89.6 Å². The minimum atomic E-state index is -1.40. The van der Waals surface area contributed by atoms with E-state index in [9.17, 15) is 4.79 Å². The van der Waals surface area contributed by atoms with Gasteiger partial charge in [-0.15, -0.1) is 0 Å². The number of hydrogen-bond donors (Lipinski definition) is 3. The molecule has 2 fully saturated rings. The largest absolute Gasteiger partial charge is 0.475 e. The van der Waals surface area contributed by atoms with Gasteiger partial charge in [0.2, 0.25) is 5.91 Å². The van der Waals surface area contributed by atoms with E-state index >= 15 is 0 Å². The second-order valence-corrected chi connectivity index (χ2v) is 4.30. The number of nitrogens with zero attached hydrogens (tertiary/aromatic N) is 1. The van der Waals surface area contributed by atoms with Gasteiger partial charge in [-0.3, -0.25) is 4.79 Å². The van der Waals surface area contributed by atoms with Crippen molar-refractivity contribution in [1.29, 1.82) is 0 Å². The number of carbonyl (C=O) groups excluding carboxylic acids is 1. The smallest absolute Gasteiger partial charge is 0.426 e. The number of carbonyl (C=O) groups is 1. The van der Waals surface area contributed by atoms with Crippen LogP contribution in [0.4, 0.5) is 0 Å². The van der Waals surface area contributed by atoms with Crippen molar-refractivity contribution in [1.82, 2.24) is 10.2 Å². The van der Waals surface area contributed by atoms with Crippen LogP contribution in [0.1, 0.15) is 25.7 Å². The Balaban J connectivity index is 1.99. The van der Waals surface area contributed by atoms with Crippen molar-refractivity contribution in [3.63, 3.8) is 0 Å². The fraction of sp³-hybridized carbons (Fsp3) is 0.889. The molecule has 2 heterocycles. The Morgan fingerprint density at radius 2 is 2.13 bits per heavy atom. The predicted molar refractivity (Wildman–Crippen MR) is 56.0 cm³/mol. The maximum absolute atomic E-state index is 12.0. The summed E-state index contributed by atoms with van der Waals surface area (Å²) in [5.74, 6) is -0.372. The third-order valence-corrected chi connectivity index (χ3v) is 3.28. The number of nitrogens with one attached hydrogen (secondary N) is 1. The van der Waals surface area contributed by atoms with Crippen molar-refractivity contribution in [2.24, 2.45) is 0 Å². The Morgan fingerprint density at radius 1 is 1.33 bits per heavy atom. The first-order chi connectivity index (χ1) is 7.20. The summed E-state index contributed by atoms with van der Waals surface area (Å²) in [5, 5.41) is 21.4. The SMILES string of the molecule is O=C([C@@H]1CCCN1)N1CCCC1B(O)O. The van der Waals surface area contributed by atoms with Gasteiger partial charge in [0.25, 0.3) is 0 Å². The first-order valence-electron chi connectivity index (χ1n) is 5.60. The molecule has 15 heavy (non-hydrogen) atoms. The van der Waals surface area contributed by atoms with E-state index in [0.717, 1.165) is 25.8 Å². The van der Waals surface area contributed by atoms with Crippen LogP contribution in [-0.2, 0) is 4.79 Å². The summed E-state index contributed by atoms with van der Waals surface area (Å²) in [6.07, 6.45) is 3.44.